The molecule has 174 valence electrons. The number of aryl methyl sites for hydroxylation is 1. The third kappa shape index (κ3) is 3.65. The predicted octanol–water partition coefficient (Wildman–Crippen LogP) is 1.31. The molecular weight excluding hydrogens is 424 g/mol. The van der Waals surface area contributed by atoms with Crippen LogP contribution in [0.25, 0.3) is 0 Å². The first-order valence-corrected chi connectivity index (χ1v) is 11.3. The van der Waals surface area contributed by atoms with Crippen LogP contribution in [0.2, 0.25) is 0 Å². The van der Waals surface area contributed by atoms with E-state index in [2.05, 4.69) is 10.00 Å². The van der Waals surface area contributed by atoms with Gasteiger partial charge in [-0.05, 0) is 56.5 Å². The monoisotopic (exact) mass is 452 g/mol. The standard InChI is InChI=1S/C24H28N4O5/c1-15-17(3-4-18-19(15)14-33-22(18)31)20(29)13-27-8-5-24(6-9-27)7-10-28(23(24)32)16-11-21(30)26(2)25-12-16/h3-4,11-12,20,29H,5-10,13-14H2,1-2H3. The Morgan fingerprint density at radius 2 is 1.88 bits per heavy atom. The highest BCUT2D eigenvalue weighted by Crippen LogP contribution is 2.43. The van der Waals surface area contributed by atoms with E-state index >= 15 is 0 Å². The number of ether oxygens (including phenoxy) is 1. The molecule has 33 heavy (non-hydrogen) atoms. The SMILES string of the molecule is Cc1c(C(O)CN2CCC3(CC2)CCN(c2cnn(C)c(=O)c2)C3=O)ccc2c1COC2=O. The molecule has 1 unspecified atom stereocenters. The Bertz CT molecular complexity index is 1180. The van der Waals surface area contributed by atoms with Gasteiger partial charge in [-0.1, -0.05) is 6.07 Å². The molecule has 0 saturated carbocycles. The summed E-state index contributed by atoms with van der Waals surface area (Å²) in [5, 5.41) is 15.0. The maximum atomic E-state index is 13.3. The number of fused-ring (bicyclic) bond motifs is 1. The number of amides is 1. The average Bonchev–Trinajstić information content (AvgIpc) is 3.33. The summed E-state index contributed by atoms with van der Waals surface area (Å²) in [6, 6.07) is 5.01. The van der Waals surface area contributed by atoms with Crippen molar-refractivity contribution >= 4 is 17.6 Å². The second-order valence-corrected chi connectivity index (χ2v) is 9.36. The molecule has 5 rings (SSSR count). The number of rotatable bonds is 4. The van der Waals surface area contributed by atoms with Crippen molar-refractivity contribution in [1.29, 1.82) is 0 Å². The zero-order valence-electron chi connectivity index (χ0n) is 18.9. The number of piperidine rings is 1. The number of β-amino-alcohol motifs (C(OH)–C–C–N with tert-alkyl or cyclic N) is 1. The van der Waals surface area contributed by atoms with Crippen LogP contribution in [0.3, 0.4) is 0 Å². The summed E-state index contributed by atoms with van der Waals surface area (Å²) < 4.78 is 6.36. The zero-order valence-corrected chi connectivity index (χ0v) is 18.9. The Balaban J connectivity index is 1.23. The molecule has 3 aliphatic rings. The summed E-state index contributed by atoms with van der Waals surface area (Å²) >= 11 is 0. The summed E-state index contributed by atoms with van der Waals surface area (Å²) in [7, 11) is 1.58. The summed E-state index contributed by atoms with van der Waals surface area (Å²) in [6.45, 7) is 4.68. The van der Waals surface area contributed by atoms with E-state index in [0.29, 0.717) is 24.3 Å². The number of likely N-dealkylation sites (tertiary alicyclic amines) is 1. The highest BCUT2D eigenvalue weighted by molar-refractivity contribution is 5.99. The third-order valence-corrected chi connectivity index (χ3v) is 7.59. The van der Waals surface area contributed by atoms with Crippen molar-refractivity contribution in [2.24, 2.45) is 12.5 Å². The number of hydrogen-bond acceptors (Lipinski definition) is 7. The van der Waals surface area contributed by atoms with E-state index in [0.717, 1.165) is 49.0 Å². The largest absolute Gasteiger partial charge is 0.457 e. The van der Waals surface area contributed by atoms with E-state index in [1.165, 1.54) is 10.7 Å². The van der Waals surface area contributed by atoms with E-state index in [-0.39, 0.29) is 24.0 Å². The van der Waals surface area contributed by atoms with E-state index in [4.69, 9.17) is 4.74 Å². The molecule has 4 heterocycles. The van der Waals surface area contributed by atoms with Crippen molar-refractivity contribution in [3.8, 4) is 0 Å². The molecule has 1 aromatic heterocycles. The number of esters is 1. The Kier molecular flexibility index (Phi) is 5.33. The Hall–Kier alpha value is -3.04. The summed E-state index contributed by atoms with van der Waals surface area (Å²) in [4.78, 5) is 40.9. The van der Waals surface area contributed by atoms with Gasteiger partial charge in [0.05, 0.1) is 29.0 Å². The molecule has 1 atom stereocenters. The summed E-state index contributed by atoms with van der Waals surface area (Å²) in [5.74, 6) is -0.241. The first-order chi connectivity index (χ1) is 15.8. The molecule has 0 radical (unpaired) electrons. The van der Waals surface area contributed by atoms with Gasteiger partial charge in [-0.25, -0.2) is 9.48 Å². The lowest BCUT2D eigenvalue weighted by atomic mass is 9.77. The summed E-state index contributed by atoms with van der Waals surface area (Å²) in [6.07, 6.45) is 3.09. The highest BCUT2D eigenvalue weighted by Gasteiger charge is 2.48. The maximum absolute atomic E-state index is 13.3. The quantitative estimate of drug-likeness (QED) is 0.698. The molecule has 1 amide bonds. The highest BCUT2D eigenvalue weighted by atomic mass is 16.5. The molecule has 2 fully saturated rings. The van der Waals surface area contributed by atoms with Gasteiger partial charge in [0.2, 0.25) is 5.91 Å². The van der Waals surface area contributed by atoms with Crippen LogP contribution >= 0.6 is 0 Å². The number of hydrogen-bond donors (Lipinski definition) is 1. The van der Waals surface area contributed by atoms with Crippen molar-refractivity contribution in [1.82, 2.24) is 14.7 Å². The zero-order chi connectivity index (χ0) is 23.3. The van der Waals surface area contributed by atoms with Gasteiger partial charge in [-0.15, -0.1) is 0 Å². The minimum absolute atomic E-state index is 0.0666. The van der Waals surface area contributed by atoms with Gasteiger partial charge in [0, 0.05) is 31.8 Å². The maximum Gasteiger partial charge on any atom is 0.338 e. The van der Waals surface area contributed by atoms with E-state index in [9.17, 15) is 19.5 Å². The Morgan fingerprint density at radius 3 is 2.61 bits per heavy atom. The third-order valence-electron chi connectivity index (χ3n) is 7.59. The van der Waals surface area contributed by atoms with Gasteiger partial charge >= 0.3 is 5.97 Å². The van der Waals surface area contributed by atoms with Gasteiger partial charge in [0.25, 0.3) is 5.56 Å². The first kappa shape index (κ1) is 21.8. The van der Waals surface area contributed by atoms with Crippen LogP contribution in [-0.4, -0.2) is 57.8 Å². The Morgan fingerprint density at radius 1 is 1.15 bits per heavy atom. The first-order valence-electron chi connectivity index (χ1n) is 11.3. The lowest BCUT2D eigenvalue weighted by Crippen LogP contribution is -2.45. The van der Waals surface area contributed by atoms with Gasteiger partial charge in [-0.2, -0.15) is 5.10 Å². The lowest BCUT2D eigenvalue weighted by Gasteiger charge is -2.38. The number of aliphatic hydroxyl groups excluding tert-OH is 1. The van der Waals surface area contributed by atoms with E-state index in [1.807, 2.05) is 13.0 Å². The van der Waals surface area contributed by atoms with Crippen LogP contribution in [-0.2, 0) is 23.2 Å². The van der Waals surface area contributed by atoms with Gasteiger partial charge < -0.3 is 19.6 Å². The molecule has 0 bridgehead atoms. The van der Waals surface area contributed by atoms with Crippen molar-refractivity contribution in [2.75, 3.05) is 31.1 Å². The number of anilines is 1. The molecule has 1 aromatic carbocycles. The number of carbonyl (C=O) groups is 2. The van der Waals surface area contributed by atoms with Gasteiger partial charge in [0.15, 0.2) is 0 Å². The molecule has 3 aliphatic heterocycles. The van der Waals surface area contributed by atoms with E-state index in [1.54, 1.807) is 24.2 Å². The number of nitrogens with zero attached hydrogens (tertiary/aromatic N) is 4. The molecule has 9 heteroatoms. The number of cyclic esters (lactones) is 1. The van der Waals surface area contributed by atoms with Crippen molar-refractivity contribution in [3.63, 3.8) is 0 Å². The molecular formula is C24H28N4O5. The van der Waals surface area contributed by atoms with Crippen LogP contribution in [0, 0.1) is 12.3 Å². The fourth-order valence-corrected chi connectivity index (χ4v) is 5.37. The second kappa shape index (κ2) is 8.07. The lowest BCUT2D eigenvalue weighted by molar-refractivity contribution is -0.128. The summed E-state index contributed by atoms with van der Waals surface area (Å²) in [5.41, 5.74) is 3.08. The Labute approximate surface area is 191 Å². The van der Waals surface area contributed by atoms with Crippen LogP contribution in [0.5, 0.6) is 0 Å². The topological polar surface area (TPSA) is 105 Å². The van der Waals surface area contributed by atoms with Crippen LogP contribution in [0.4, 0.5) is 5.69 Å². The average molecular weight is 453 g/mol. The molecule has 2 aromatic rings. The smallest absolute Gasteiger partial charge is 0.338 e. The van der Waals surface area contributed by atoms with Gasteiger partial charge in [0.1, 0.15) is 6.61 Å². The molecule has 1 spiro atoms. The van der Waals surface area contributed by atoms with Crippen LogP contribution in [0.1, 0.15) is 52.4 Å². The van der Waals surface area contributed by atoms with Crippen molar-refractivity contribution < 1.29 is 19.4 Å². The fourth-order valence-electron chi connectivity index (χ4n) is 5.37. The van der Waals surface area contributed by atoms with Gasteiger partial charge in [-0.3, -0.25) is 9.59 Å². The molecule has 9 nitrogen and oxygen atoms in total. The normalized spacial score (nSPS) is 20.9. The van der Waals surface area contributed by atoms with Crippen molar-refractivity contribution in [2.45, 2.75) is 38.9 Å². The fraction of sp³-hybridized carbons (Fsp3) is 0.500. The number of carbonyl (C=O) groups excluding carboxylic acids is 2. The number of benzene rings is 1. The molecule has 2 saturated heterocycles. The molecule has 1 N–H and O–H groups in total. The van der Waals surface area contributed by atoms with Crippen LogP contribution in [0.15, 0.2) is 29.2 Å². The van der Waals surface area contributed by atoms with Crippen LogP contribution < -0.4 is 10.5 Å². The minimum Gasteiger partial charge on any atom is -0.457 e. The van der Waals surface area contributed by atoms with E-state index < -0.39 is 11.5 Å². The molecule has 0 aliphatic carbocycles. The number of aliphatic hydroxyl groups is 1. The predicted molar refractivity (Wildman–Crippen MR) is 120 cm³/mol. The second-order valence-electron chi connectivity index (χ2n) is 9.36. The van der Waals surface area contributed by atoms with Crippen molar-refractivity contribution in [3.05, 3.63) is 57.0 Å². The minimum atomic E-state index is -0.678. The number of aromatic nitrogens is 2.